The van der Waals surface area contributed by atoms with Crippen LogP contribution in [0.1, 0.15) is 24.1 Å². The topological polar surface area (TPSA) is 97.0 Å². The van der Waals surface area contributed by atoms with Gasteiger partial charge in [-0.15, -0.1) is 0 Å². The van der Waals surface area contributed by atoms with Crippen LogP contribution in [0.15, 0.2) is 24.5 Å². The maximum Gasteiger partial charge on any atom is 0.312 e. The second-order valence-corrected chi connectivity index (χ2v) is 6.09. The molecule has 2 aromatic heterocycles. The van der Waals surface area contributed by atoms with Crippen LogP contribution in [0.5, 0.6) is 0 Å². The van der Waals surface area contributed by atoms with Gasteiger partial charge >= 0.3 is 6.03 Å². The quantitative estimate of drug-likeness (QED) is 0.896. The Hall–Kier alpha value is -2.70. The van der Waals surface area contributed by atoms with Gasteiger partial charge in [0.2, 0.25) is 0 Å². The van der Waals surface area contributed by atoms with E-state index in [0.29, 0.717) is 5.82 Å². The van der Waals surface area contributed by atoms with Crippen molar-refractivity contribution in [2.24, 2.45) is 5.73 Å². The van der Waals surface area contributed by atoms with E-state index in [9.17, 15) is 4.79 Å². The summed E-state index contributed by atoms with van der Waals surface area (Å²) in [5.74, 6) is 1.68. The first-order chi connectivity index (χ1) is 11.5. The molecule has 1 aliphatic heterocycles. The third kappa shape index (κ3) is 3.45. The minimum atomic E-state index is -0.456. The molecule has 0 bridgehead atoms. The first kappa shape index (κ1) is 16.2. The zero-order chi connectivity index (χ0) is 17.1. The van der Waals surface area contributed by atoms with Gasteiger partial charge in [0.15, 0.2) is 5.82 Å². The summed E-state index contributed by atoms with van der Waals surface area (Å²) in [5.41, 5.74) is 8.23. The van der Waals surface area contributed by atoms with Crippen LogP contribution >= 0.6 is 0 Å². The summed E-state index contributed by atoms with van der Waals surface area (Å²) in [6.45, 7) is 5.72. The van der Waals surface area contributed by atoms with Gasteiger partial charge < -0.3 is 16.0 Å². The number of nitrogens with zero attached hydrogens (tertiary/aromatic N) is 4. The van der Waals surface area contributed by atoms with Crippen molar-refractivity contribution in [3.8, 4) is 11.4 Å². The number of piperidine rings is 1. The standard InChI is InChI=1S/C17H22N6O/c1-11-12(2)20-15(13-3-7-19-8-4-13)22-16(11)23-9-5-14(6-10-23)21-17(18)24/h3-4,7-8,14H,5-6,9-10H2,1-2H3,(H3,18,21,24). The van der Waals surface area contributed by atoms with E-state index in [1.807, 2.05) is 19.1 Å². The van der Waals surface area contributed by atoms with Gasteiger partial charge in [-0.05, 0) is 38.8 Å². The van der Waals surface area contributed by atoms with Crippen LogP contribution < -0.4 is 16.0 Å². The Morgan fingerprint density at radius 1 is 1.21 bits per heavy atom. The minimum absolute atomic E-state index is 0.140. The molecule has 3 N–H and O–H groups in total. The number of hydrogen-bond donors (Lipinski definition) is 2. The number of aryl methyl sites for hydroxylation is 1. The summed E-state index contributed by atoms with van der Waals surface area (Å²) >= 11 is 0. The molecule has 0 atom stereocenters. The van der Waals surface area contributed by atoms with E-state index in [0.717, 1.165) is 48.6 Å². The molecule has 0 spiro atoms. The maximum absolute atomic E-state index is 11.0. The lowest BCUT2D eigenvalue weighted by atomic mass is 10.0. The molecule has 1 saturated heterocycles. The molecule has 0 aromatic carbocycles. The van der Waals surface area contributed by atoms with E-state index < -0.39 is 6.03 Å². The SMILES string of the molecule is Cc1nc(-c2ccncc2)nc(N2CCC(NC(N)=O)CC2)c1C. The lowest BCUT2D eigenvalue weighted by Crippen LogP contribution is -2.46. The third-order valence-electron chi connectivity index (χ3n) is 4.44. The summed E-state index contributed by atoms with van der Waals surface area (Å²) in [5, 5.41) is 2.79. The first-order valence-corrected chi connectivity index (χ1v) is 8.11. The highest BCUT2D eigenvalue weighted by molar-refractivity contribution is 5.72. The van der Waals surface area contributed by atoms with E-state index >= 15 is 0 Å². The number of nitrogens with two attached hydrogens (primary N) is 1. The van der Waals surface area contributed by atoms with Crippen molar-refractivity contribution in [2.75, 3.05) is 18.0 Å². The normalized spacial score (nSPS) is 15.3. The fourth-order valence-electron chi connectivity index (χ4n) is 2.99. The highest BCUT2D eigenvalue weighted by atomic mass is 16.2. The molecule has 0 radical (unpaired) electrons. The molecule has 1 fully saturated rings. The number of amides is 2. The van der Waals surface area contributed by atoms with E-state index in [4.69, 9.17) is 10.7 Å². The highest BCUT2D eigenvalue weighted by Gasteiger charge is 2.23. The second-order valence-electron chi connectivity index (χ2n) is 6.09. The van der Waals surface area contributed by atoms with Crippen molar-refractivity contribution in [1.29, 1.82) is 0 Å². The summed E-state index contributed by atoms with van der Waals surface area (Å²) in [4.78, 5) is 26.7. The fourth-order valence-corrected chi connectivity index (χ4v) is 2.99. The number of hydrogen-bond acceptors (Lipinski definition) is 5. The molecule has 126 valence electrons. The Morgan fingerprint density at radius 2 is 1.88 bits per heavy atom. The molecule has 7 heteroatoms. The summed E-state index contributed by atoms with van der Waals surface area (Å²) in [7, 11) is 0. The summed E-state index contributed by atoms with van der Waals surface area (Å²) < 4.78 is 0. The summed E-state index contributed by atoms with van der Waals surface area (Å²) in [6, 6.07) is 3.51. The largest absolute Gasteiger partial charge is 0.356 e. The van der Waals surface area contributed by atoms with Crippen molar-refractivity contribution in [1.82, 2.24) is 20.3 Å². The maximum atomic E-state index is 11.0. The monoisotopic (exact) mass is 326 g/mol. The van der Waals surface area contributed by atoms with Gasteiger partial charge in [-0.3, -0.25) is 4.98 Å². The number of carbonyl (C=O) groups excluding carboxylic acids is 1. The molecular formula is C17H22N6O. The number of rotatable bonds is 3. The average molecular weight is 326 g/mol. The van der Waals surface area contributed by atoms with E-state index in [2.05, 4.69) is 27.1 Å². The Balaban J connectivity index is 1.83. The zero-order valence-electron chi connectivity index (χ0n) is 14.0. The number of urea groups is 1. The van der Waals surface area contributed by atoms with Crippen LogP contribution in [0.25, 0.3) is 11.4 Å². The van der Waals surface area contributed by atoms with Crippen LogP contribution in [0.2, 0.25) is 0 Å². The first-order valence-electron chi connectivity index (χ1n) is 8.11. The molecular weight excluding hydrogens is 304 g/mol. The van der Waals surface area contributed by atoms with E-state index in [-0.39, 0.29) is 6.04 Å². The highest BCUT2D eigenvalue weighted by Crippen LogP contribution is 2.26. The van der Waals surface area contributed by atoms with Crippen molar-refractivity contribution >= 4 is 11.8 Å². The van der Waals surface area contributed by atoms with E-state index in [1.54, 1.807) is 12.4 Å². The summed E-state index contributed by atoms with van der Waals surface area (Å²) in [6.07, 6.45) is 5.20. The van der Waals surface area contributed by atoms with Gasteiger partial charge in [0.1, 0.15) is 5.82 Å². The van der Waals surface area contributed by atoms with Crippen LogP contribution in [-0.2, 0) is 0 Å². The van der Waals surface area contributed by atoms with Crippen LogP contribution in [-0.4, -0.2) is 40.1 Å². The number of pyridine rings is 1. The van der Waals surface area contributed by atoms with Crippen molar-refractivity contribution in [2.45, 2.75) is 32.7 Å². The minimum Gasteiger partial charge on any atom is -0.356 e. The molecule has 0 aliphatic carbocycles. The van der Waals surface area contributed by atoms with Gasteiger partial charge in [0.05, 0.1) is 0 Å². The van der Waals surface area contributed by atoms with Crippen LogP contribution in [0.4, 0.5) is 10.6 Å². The van der Waals surface area contributed by atoms with Crippen molar-refractivity contribution in [3.63, 3.8) is 0 Å². The number of carbonyl (C=O) groups is 1. The Bertz CT molecular complexity index is 725. The van der Waals surface area contributed by atoms with E-state index in [1.165, 1.54) is 0 Å². The molecule has 0 saturated carbocycles. The Kier molecular flexibility index (Phi) is 4.59. The lowest BCUT2D eigenvalue weighted by molar-refractivity contribution is 0.242. The van der Waals surface area contributed by atoms with Gasteiger partial charge in [0.25, 0.3) is 0 Å². The fraction of sp³-hybridized carbons (Fsp3) is 0.412. The van der Waals surface area contributed by atoms with Gasteiger partial charge in [-0.2, -0.15) is 0 Å². The van der Waals surface area contributed by atoms with Crippen LogP contribution in [0, 0.1) is 13.8 Å². The number of anilines is 1. The smallest absolute Gasteiger partial charge is 0.312 e. The molecule has 2 aromatic rings. The molecule has 3 rings (SSSR count). The second kappa shape index (κ2) is 6.82. The molecule has 2 amide bonds. The van der Waals surface area contributed by atoms with Crippen LogP contribution in [0.3, 0.4) is 0 Å². The lowest BCUT2D eigenvalue weighted by Gasteiger charge is -2.34. The van der Waals surface area contributed by atoms with Gasteiger partial charge in [-0.1, -0.05) is 0 Å². The number of primary amides is 1. The van der Waals surface area contributed by atoms with Crippen molar-refractivity contribution < 1.29 is 4.79 Å². The molecule has 0 unspecified atom stereocenters. The van der Waals surface area contributed by atoms with Gasteiger partial charge in [-0.25, -0.2) is 14.8 Å². The molecule has 1 aliphatic rings. The van der Waals surface area contributed by atoms with Crippen molar-refractivity contribution in [3.05, 3.63) is 35.8 Å². The molecule has 24 heavy (non-hydrogen) atoms. The average Bonchev–Trinajstić information content (AvgIpc) is 2.58. The van der Waals surface area contributed by atoms with Gasteiger partial charge in [0, 0.05) is 48.3 Å². The number of aromatic nitrogens is 3. The Morgan fingerprint density at radius 3 is 2.50 bits per heavy atom. The zero-order valence-corrected chi connectivity index (χ0v) is 14.0. The Labute approximate surface area is 141 Å². The number of nitrogens with one attached hydrogen (secondary N) is 1. The molecule has 3 heterocycles. The predicted molar refractivity (Wildman–Crippen MR) is 92.7 cm³/mol. The predicted octanol–water partition coefficient (Wildman–Crippen LogP) is 1.79. The third-order valence-corrected chi connectivity index (χ3v) is 4.44. The molecule has 7 nitrogen and oxygen atoms in total.